The molecule has 0 aliphatic heterocycles. The number of nitrogens with zero attached hydrogens (tertiary/aromatic N) is 4. The van der Waals surface area contributed by atoms with Crippen LogP contribution in [-0.4, -0.2) is 14.8 Å². The molecule has 0 fully saturated rings. The molecule has 0 radical (unpaired) electrons. The average Bonchev–Trinajstić information content (AvgIpc) is 2.80. The van der Waals surface area contributed by atoms with Crippen LogP contribution in [0, 0.1) is 25.2 Å². The molecule has 0 atom stereocenters. The number of rotatable bonds is 3. The van der Waals surface area contributed by atoms with E-state index in [1.165, 1.54) is 0 Å². The predicted molar refractivity (Wildman–Crippen MR) is 83.5 cm³/mol. The van der Waals surface area contributed by atoms with Crippen molar-refractivity contribution < 1.29 is 4.74 Å². The van der Waals surface area contributed by atoms with E-state index in [4.69, 9.17) is 10.00 Å². The fraction of sp³-hybridized carbons (Fsp3) is 0.235. The first-order valence-corrected chi connectivity index (χ1v) is 7.01. The number of aromatic nitrogens is 3. The smallest absolute Gasteiger partial charge is 0.215 e. The summed E-state index contributed by atoms with van der Waals surface area (Å²) in [6, 6.07) is 11.4. The maximum Gasteiger partial charge on any atom is 0.215 e. The summed E-state index contributed by atoms with van der Waals surface area (Å²) in [6.07, 6.45) is 0. The minimum absolute atomic E-state index is 0.417. The molecular formula is C17H16N4O. The lowest BCUT2D eigenvalue weighted by atomic mass is 10.1. The molecule has 2 heterocycles. The second-order valence-electron chi connectivity index (χ2n) is 5.28. The molecule has 3 aromatic rings. The Morgan fingerprint density at radius 2 is 1.95 bits per heavy atom. The Morgan fingerprint density at radius 3 is 2.64 bits per heavy atom. The van der Waals surface area contributed by atoms with Crippen molar-refractivity contribution in [1.82, 2.24) is 14.8 Å². The Hall–Kier alpha value is -2.87. The van der Waals surface area contributed by atoms with Gasteiger partial charge in [0, 0.05) is 18.5 Å². The van der Waals surface area contributed by atoms with Crippen molar-refractivity contribution in [3.05, 3.63) is 52.7 Å². The Balaban J connectivity index is 1.84. The van der Waals surface area contributed by atoms with Gasteiger partial charge in [0.1, 0.15) is 6.61 Å². The van der Waals surface area contributed by atoms with Gasteiger partial charge in [-0.2, -0.15) is 15.3 Å². The summed E-state index contributed by atoms with van der Waals surface area (Å²) in [5.74, 6) is 0.581. The van der Waals surface area contributed by atoms with Crippen molar-refractivity contribution in [3.8, 4) is 11.9 Å². The van der Waals surface area contributed by atoms with E-state index in [-0.39, 0.29) is 0 Å². The number of hydrogen-bond acceptors (Lipinski definition) is 4. The maximum absolute atomic E-state index is 8.80. The predicted octanol–water partition coefficient (Wildman–Crippen LogP) is 3.04. The zero-order chi connectivity index (χ0) is 15.7. The van der Waals surface area contributed by atoms with Crippen molar-refractivity contribution in [2.45, 2.75) is 20.5 Å². The standard InChI is InChI=1S/C17H16N4O/c1-11-8-15(19-17-16(11)12(2)20-21(17)3)22-10-14-6-4-13(9-18)5-7-14/h4-8H,10H2,1-3H3. The first kappa shape index (κ1) is 14.1. The highest BCUT2D eigenvalue weighted by atomic mass is 16.5. The number of ether oxygens (including phenoxy) is 1. The molecule has 0 saturated heterocycles. The normalized spacial score (nSPS) is 10.6. The minimum atomic E-state index is 0.417. The van der Waals surface area contributed by atoms with Gasteiger partial charge in [-0.25, -0.2) is 0 Å². The molecule has 0 saturated carbocycles. The van der Waals surface area contributed by atoms with Crippen LogP contribution in [0.1, 0.15) is 22.4 Å². The number of aryl methyl sites for hydroxylation is 3. The van der Waals surface area contributed by atoms with E-state index in [2.05, 4.69) is 16.2 Å². The SMILES string of the molecule is Cc1cc(OCc2ccc(C#N)cc2)nc2c1c(C)nn2C. The van der Waals surface area contributed by atoms with Gasteiger partial charge >= 0.3 is 0 Å². The molecule has 2 aromatic heterocycles. The topological polar surface area (TPSA) is 63.7 Å². The molecule has 0 amide bonds. The van der Waals surface area contributed by atoms with E-state index in [9.17, 15) is 0 Å². The van der Waals surface area contributed by atoms with Crippen LogP contribution < -0.4 is 4.74 Å². The third-order valence-corrected chi connectivity index (χ3v) is 3.61. The van der Waals surface area contributed by atoms with Crippen LogP contribution >= 0.6 is 0 Å². The van der Waals surface area contributed by atoms with Gasteiger partial charge in [0.05, 0.1) is 17.3 Å². The summed E-state index contributed by atoms with van der Waals surface area (Å²) in [5.41, 5.74) is 4.54. The van der Waals surface area contributed by atoms with Gasteiger partial charge in [-0.1, -0.05) is 12.1 Å². The van der Waals surface area contributed by atoms with Gasteiger partial charge in [0.2, 0.25) is 5.88 Å². The van der Waals surface area contributed by atoms with Crippen molar-refractivity contribution in [2.75, 3.05) is 0 Å². The Morgan fingerprint density at radius 1 is 1.23 bits per heavy atom. The molecule has 0 aliphatic rings. The van der Waals surface area contributed by atoms with Gasteiger partial charge < -0.3 is 4.74 Å². The fourth-order valence-electron chi connectivity index (χ4n) is 2.54. The molecular weight excluding hydrogens is 276 g/mol. The molecule has 0 N–H and O–H groups in total. The van der Waals surface area contributed by atoms with E-state index in [0.29, 0.717) is 18.1 Å². The van der Waals surface area contributed by atoms with Crippen LogP contribution in [-0.2, 0) is 13.7 Å². The van der Waals surface area contributed by atoms with Crippen LogP contribution in [0.3, 0.4) is 0 Å². The van der Waals surface area contributed by atoms with Crippen LogP contribution in [0.5, 0.6) is 5.88 Å². The molecule has 5 heteroatoms. The summed E-state index contributed by atoms with van der Waals surface area (Å²) in [5, 5.41) is 14.3. The molecule has 110 valence electrons. The molecule has 1 aromatic carbocycles. The molecule has 0 aliphatic carbocycles. The largest absolute Gasteiger partial charge is 0.473 e. The lowest BCUT2D eigenvalue weighted by Gasteiger charge is -2.07. The van der Waals surface area contributed by atoms with Crippen molar-refractivity contribution in [2.24, 2.45) is 7.05 Å². The van der Waals surface area contributed by atoms with Crippen LogP contribution in [0.2, 0.25) is 0 Å². The van der Waals surface area contributed by atoms with Gasteiger partial charge in [-0.15, -0.1) is 0 Å². The molecule has 0 unspecified atom stereocenters. The minimum Gasteiger partial charge on any atom is -0.473 e. The fourth-order valence-corrected chi connectivity index (χ4v) is 2.54. The lowest BCUT2D eigenvalue weighted by Crippen LogP contribution is -2.00. The van der Waals surface area contributed by atoms with Crippen LogP contribution in [0.15, 0.2) is 30.3 Å². The Labute approximate surface area is 128 Å². The van der Waals surface area contributed by atoms with Crippen LogP contribution in [0.4, 0.5) is 0 Å². The van der Waals surface area contributed by atoms with Gasteiger partial charge in [-0.05, 0) is 37.1 Å². The Bertz CT molecular complexity index is 872. The van der Waals surface area contributed by atoms with E-state index in [1.54, 1.807) is 16.8 Å². The van der Waals surface area contributed by atoms with E-state index in [0.717, 1.165) is 27.9 Å². The van der Waals surface area contributed by atoms with Gasteiger partial charge in [0.25, 0.3) is 0 Å². The summed E-state index contributed by atoms with van der Waals surface area (Å²) in [4.78, 5) is 4.53. The lowest BCUT2D eigenvalue weighted by molar-refractivity contribution is 0.294. The number of hydrogen-bond donors (Lipinski definition) is 0. The number of benzene rings is 1. The number of nitriles is 1. The van der Waals surface area contributed by atoms with Crippen LogP contribution in [0.25, 0.3) is 11.0 Å². The summed E-state index contributed by atoms with van der Waals surface area (Å²) in [7, 11) is 1.88. The quantitative estimate of drug-likeness (QED) is 0.744. The van der Waals surface area contributed by atoms with Gasteiger partial charge in [0.15, 0.2) is 5.65 Å². The van der Waals surface area contributed by atoms with Crippen molar-refractivity contribution in [3.63, 3.8) is 0 Å². The van der Waals surface area contributed by atoms with E-state index >= 15 is 0 Å². The number of pyridine rings is 1. The zero-order valence-electron chi connectivity index (χ0n) is 12.8. The number of fused-ring (bicyclic) bond motifs is 1. The molecule has 3 rings (SSSR count). The molecule has 0 spiro atoms. The summed E-state index contributed by atoms with van der Waals surface area (Å²) < 4.78 is 7.55. The Kier molecular flexibility index (Phi) is 3.51. The highest BCUT2D eigenvalue weighted by Gasteiger charge is 2.11. The van der Waals surface area contributed by atoms with E-state index in [1.807, 2.05) is 39.1 Å². The molecule has 5 nitrogen and oxygen atoms in total. The zero-order valence-corrected chi connectivity index (χ0v) is 12.8. The van der Waals surface area contributed by atoms with Gasteiger partial charge in [-0.3, -0.25) is 4.68 Å². The highest BCUT2D eigenvalue weighted by Crippen LogP contribution is 2.24. The first-order valence-electron chi connectivity index (χ1n) is 7.01. The highest BCUT2D eigenvalue weighted by molar-refractivity contribution is 5.82. The monoisotopic (exact) mass is 292 g/mol. The molecule has 22 heavy (non-hydrogen) atoms. The molecule has 0 bridgehead atoms. The summed E-state index contributed by atoms with van der Waals surface area (Å²) in [6.45, 7) is 4.43. The maximum atomic E-state index is 8.80. The van der Waals surface area contributed by atoms with Crippen molar-refractivity contribution >= 4 is 11.0 Å². The third-order valence-electron chi connectivity index (χ3n) is 3.61. The average molecular weight is 292 g/mol. The summed E-state index contributed by atoms with van der Waals surface area (Å²) >= 11 is 0. The second-order valence-corrected chi connectivity index (χ2v) is 5.28. The first-order chi connectivity index (χ1) is 10.6. The second kappa shape index (κ2) is 5.49. The van der Waals surface area contributed by atoms with E-state index < -0.39 is 0 Å². The van der Waals surface area contributed by atoms with Crippen molar-refractivity contribution in [1.29, 1.82) is 5.26 Å². The third kappa shape index (κ3) is 2.51.